The van der Waals surface area contributed by atoms with Crippen molar-refractivity contribution < 1.29 is 14.3 Å². The third-order valence-corrected chi connectivity index (χ3v) is 7.45. The summed E-state index contributed by atoms with van der Waals surface area (Å²) in [5.41, 5.74) is 7.07. The van der Waals surface area contributed by atoms with Crippen LogP contribution in [0.3, 0.4) is 0 Å². The Balaban J connectivity index is 1.40. The molecule has 37 heavy (non-hydrogen) atoms. The van der Waals surface area contributed by atoms with Crippen LogP contribution in [0.4, 0.5) is 0 Å². The van der Waals surface area contributed by atoms with Crippen molar-refractivity contribution in [3.8, 4) is 16.9 Å². The topological polar surface area (TPSA) is 58.6 Å². The lowest BCUT2D eigenvalue weighted by atomic mass is 10.0. The fourth-order valence-electron chi connectivity index (χ4n) is 3.97. The van der Waals surface area contributed by atoms with E-state index in [0.29, 0.717) is 15.5 Å². The lowest BCUT2D eigenvalue weighted by Crippen LogP contribution is -2.44. The Bertz CT molecular complexity index is 1440. The van der Waals surface area contributed by atoms with Crippen LogP contribution in [0.2, 0.25) is 5.02 Å². The maximum atomic E-state index is 13.5. The highest BCUT2D eigenvalue weighted by atomic mass is 35.5. The summed E-state index contributed by atoms with van der Waals surface area (Å²) >= 11 is 7.46. The van der Waals surface area contributed by atoms with E-state index in [0.717, 1.165) is 28.0 Å². The van der Waals surface area contributed by atoms with Crippen LogP contribution >= 0.6 is 23.4 Å². The number of hydrogen-bond acceptors (Lipinski definition) is 4. The molecule has 0 bridgehead atoms. The van der Waals surface area contributed by atoms with Crippen molar-refractivity contribution >= 4 is 41.3 Å². The van der Waals surface area contributed by atoms with E-state index in [1.807, 2.05) is 84.9 Å². The molecule has 1 saturated heterocycles. The van der Waals surface area contributed by atoms with Crippen LogP contribution in [-0.4, -0.2) is 23.9 Å². The first kappa shape index (κ1) is 24.7. The van der Waals surface area contributed by atoms with Gasteiger partial charge in [0.1, 0.15) is 11.1 Å². The molecule has 1 atom stereocenters. The molecule has 1 aliphatic heterocycles. The van der Waals surface area contributed by atoms with Gasteiger partial charge >= 0.3 is 0 Å². The first-order valence-corrected chi connectivity index (χ1v) is 12.9. The Kier molecular flexibility index (Phi) is 7.30. The second-order valence-corrected chi connectivity index (χ2v) is 9.92. The van der Waals surface area contributed by atoms with Gasteiger partial charge in [0.2, 0.25) is 0 Å². The number of carbonyl (C=O) groups excluding carboxylic acids is 2. The van der Waals surface area contributed by atoms with E-state index in [1.165, 1.54) is 16.8 Å². The standard InChI is InChI=1S/C30H23ClN2O3S/c1-36-26-17-7-20(8-18-26)19-27-29(35)33(30(37-27)24-13-15-25(31)16-14-24)32-28(34)23-11-9-22(10-12-23)21-5-3-2-4-6-21/h2-19,30H,1H3,(H,32,34)/b27-19-. The van der Waals surface area contributed by atoms with E-state index < -0.39 is 5.37 Å². The van der Waals surface area contributed by atoms with Gasteiger partial charge in [-0.2, -0.15) is 0 Å². The summed E-state index contributed by atoms with van der Waals surface area (Å²) in [6.07, 6.45) is 1.82. The molecule has 1 heterocycles. The van der Waals surface area contributed by atoms with E-state index in [-0.39, 0.29) is 11.8 Å². The zero-order chi connectivity index (χ0) is 25.8. The maximum absolute atomic E-state index is 13.5. The van der Waals surface area contributed by atoms with E-state index >= 15 is 0 Å². The highest BCUT2D eigenvalue weighted by Gasteiger charge is 2.38. The van der Waals surface area contributed by atoms with Crippen molar-refractivity contribution in [2.75, 3.05) is 7.11 Å². The maximum Gasteiger partial charge on any atom is 0.280 e. The molecule has 2 amide bonds. The molecule has 1 aliphatic rings. The molecular weight excluding hydrogens is 504 g/mol. The molecule has 1 N–H and O–H groups in total. The lowest BCUT2D eigenvalue weighted by molar-refractivity contribution is -0.128. The number of hydrazine groups is 1. The van der Waals surface area contributed by atoms with Crippen LogP contribution in [0.15, 0.2) is 108 Å². The number of nitrogens with one attached hydrogen (secondary N) is 1. The average molecular weight is 527 g/mol. The Morgan fingerprint density at radius 2 is 1.54 bits per heavy atom. The number of hydrogen-bond donors (Lipinski definition) is 1. The number of methoxy groups -OCH3 is 1. The number of nitrogens with zero attached hydrogens (tertiary/aromatic N) is 1. The Hall–Kier alpha value is -4.00. The predicted octanol–water partition coefficient (Wildman–Crippen LogP) is 6.98. The van der Waals surface area contributed by atoms with E-state index in [2.05, 4.69) is 5.43 Å². The van der Waals surface area contributed by atoms with Crippen molar-refractivity contribution in [2.24, 2.45) is 0 Å². The largest absolute Gasteiger partial charge is 0.497 e. The highest BCUT2D eigenvalue weighted by molar-refractivity contribution is 8.04. The van der Waals surface area contributed by atoms with Gasteiger partial charge in [-0.05, 0) is 64.7 Å². The number of thioether (sulfide) groups is 1. The number of ether oxygens (including phenoxy) is 1. The van der Waals surface area contributed by atoms with Crippen LogP contribution in [-0.2, 0) is 4.79 Å². The molecule has 1 fully saturated rings. The highest BCUT2D eigenvalue weighted by Crippen LogP contribution is 2.45. The van der Waals surface area contributed by atoms with E-state index in [1.54, 1.807) is 31.4 Å². The van der Waals surface area contributed by atoms with E-state index in [9.17, 15) is 9.59 Å². The number of carbonyl (C=O) groups is 2. The van der Waals surface area contributed by atoms with Crippen molar-refractivity contribution in [3.05, 3.63) is 130 Å². The number of rotatable bonds is 6. The molecule has 7 heteroatoms. The van der Waals surface area contributed by atoms with Gasteiger partial charge in [-0.25, -0.2) is 5.01 Å². The minimum absolute atomic E-state index is 0.282. The third-order valence-electron chi connectivity index (χ3n) is 5.95. The SMILES string of the molecule is COc1ccc(/C=C2\SC(c3ccc(Cl)cc3)N(NC(=O)c3ccc(-c4ccccc4)cc3)C2=O)cc1. The first-order valence-electron chi connectivity index (χ1n) is 11.6. The molecule has 0 aliphatic carbocycles. The summed E-state index contributed by atoms with van der Waals surface area (Å²) in [4.78, 5) is 27.2. The van der Waals surface area contributed by atoms with Gasteiger partial charge in [0, 0.05) is 10.6 Å². The molecule has 184 valence electrons. The second-order valence-electron chi connectivity index (χ2n) is 8.36. The summed E-state index contributed by atoms with van der Waals surface area (Å²) in [7, 11) is 1.61. The summed E-state index contributed by atoms with van der Waals surface area (Å²) in [6, 6.07) is 32.0. The van der Waals surface area contributed by atoms with Gasteiger partial charge < -0.3 is 4.74 Å². The zero-order valence-electron chi connectivity index (χ0n) is 19.9. The van der Waals surface area contributed by atoms with Gasteiger partial charge in [0.25, 0.3) is 11.8 Å². The first-order chi connectivity index (χ1) is 18.0. The van der Waals surface area contributed by atoms with Crippen LogP contribution in [0, 0.1) is 0 Å². The monoisotopic (exact) mass is 526 g/mol. The fraction of sp³-hybridized carbons (Fsp3) is 0.0667. The average Bonchev–Trinajstić information content (AvgIpc) is 3.24. The molecule has 4 aromatic carbocycles. The number of halogens is 1. The van der Waals surface area contributed by atoms with Crippen LogP contribution in [0.25, 0.3) is 17.2 Å². The van der Waals surface area contributed by atoms with Gasteiger partial charge in [-0.15, -0.1) is 0 Å². The lowest BCUT2D eigenvalue weighted by Gasteiger charge is -2.24. The van der Waals surface area contributed by atoms with Crippen LogP contribution in [0.5, 0.6) is 5.75 Å². The van der Waals surface area contributed by atoms with E-state index in [4.69, 9.17) is 16.3 Å². The molecule has 0 radical (unpaired) electrons. The third kappa shape index (κ3) is 5.56. The molecule has 0 aromatic heterocycles. The molecule has 1 unspecified atom stereocenters. The summed E-state index contributed by atoms with van der Waals surface area (Å²) in [5.74, 6) is 0.0898. The van der Waals surface area contributed by atoms with Crippen molar-refractivity contribution in [3.63, 3.8) is 0 Å². The van der Waals surface area contributed by atoms with Gasteiger partial charge in [-0.1, -0.05) is 90.1 Å². The van der Waals surface area contributed by atoms with Crippen molar-refractivity contribution in [2.45, 2.75) is 5.37 Å². The Morgan fingerprint density at radius 3 is 2.19 bits per heavy atom. The summed E-state index contributed by atoms with van der Waals surface area (Å²) in [5, 5.41) is 1.54. The predicted molar refractivity (Wildman–Crippen MR) is 149 cm³/mol. The van der Waals surface area contributed by atoms with Crippen LogP contribution in [0.1, 0.15) is 26.9 Å². The molecule has 4 aromatic rings. The number of benzene rings is 4. The molecular formula is C30H23ClN2O3S. The van der Waals surface area contributed by atoms with Gasteiger partial charge in [-0.3, -0.25) is 15.0 Å². The van der Waals surface area contributed by atoms with Gasteiger partial charge in [0.15, 0.2) is 0 Å². The smallest absolute Gasteiger partial charge is 0.280 e. The van der Waals surface area contributed by atoms with Crippen LogP contribution < -0.4 is 10.2 Å². The Morgan fingerprint density at radius 1 is 0.892 bits per heavy atom. The van der Waals surface area contributed by atoms with Crippen molar-refractivity contribution in [1.29, 1.82) is 0 Å². The van der Waals surface area contributed by atoms with Gasteiger partial charge in [0.05, 0.1) is 12.0 Å². The molecule has 0 spiro atoms. The minimum atomic E-state index is -0.443. The molecule has 0 saturated carbocycles. The molecule has 5 nitrogen and oxygen atoms in total. The second kappa shape index (κ2) is 10.9. The normalized spacial score (nSPS) is 16.2. The Labute approximate surface area is 224 Å². The van der Waals surface area contributed by atoms with Crippen molar-refractivity contribution in [1.82, 2.24) is 10.4 Å². The quantitative estimate of drug-likeness (QED) is 0.275. The fourth-order valence-corrected chi connectivity index (χ4v) is 5.29. The number of amides is 2. The molecule has 5 rings (SSSR count). The zero-order valence-corrected chi connectivity index (χ0v) is 21.5. The minimum Gasteiger partial charge on any atom is -0.497 e. The summed E-state index contributed by atoms with van der Waals surface area (Å²) in [6.45, 7) is 0. The summed E-state index contributed by atoms with van der Waals surface area (Å²) < 4.78 is 5.22.